The van der Waals surface area contributed by atoms with Crippen LogP contribution >= 0.6 is 0 Å². The number of imidazole rings is 1. The Balaban J connectivity index is 1.94. The zero-order valence-electron chi connectivity index (χ0n) is 10.7. The van der Waals surface area contributed by atoms with Gasteiger partial charge in [-0.2, -0.15) is 13.2 Å². The smallest absolute Gasteiger partial charge is 0.342 e. The summed E-state index contributed by atoms with van der Waals surface area (Å²) in [5.41, 5.74) is 0.742. The molecule has 2 nitrogen and oxygen atoms in total. The van der Waals surface area contributed by atoms with Crippen LogP contribution < -0.4 is 0 Å². The Labute approximate surface area is 117 Å². The predicted octanol–water partition coefficient (Wildman–Crippen LogP) is 4.31. The first-order valence-corrected chi connectivity index (χ1v) is 6.22. The molecule has 0 bridgehead atoms. The van der Waals surface area contributed by atoms with E-state index in [-0.39, 0.29) is 5.82 Å². The lowest BCUT2D eigenvalue weighted by atomic mass is 10.1. The highest BCUT2D eigenvalue weighted by molar-refractivity contribution is 5.76. The molecule has 1 heterocycles. The van der Waals surface area contributed by atoms with Gasteiger partial charge in [-0.15, -0.1) is 0 Å². The minimum atomic E-state index is -4.39. The largest absolute Gasteiger partial charge is 0.416 e. The number of benzene rings is 2. The topological polar surface area (TPSA) is 28.7 Å². The van der Waals surface area contributed by atoms with Crippen molar-refractivity contribution >= 4 is 11.0 Å². The van der Waals surface area contributed by atoms with E-state index in [1.165, 1.54) is 18.2 Å². The molecule has 0 saturated heterocycles. The fourth-order valence-corrected chi connectivity index (χ4v) is 2.16. The van der Waals surface area contributed by atoms with E-state index in [9.17, 15) is 17.6 Å². The third kappa shape index (κ3) is 2.89. The van der Waals surface area contributed by atoms with Gasteiger partial charge in [0, 0.05) is 6.42 Å². The summed E-state index contributed by atoms with van der Waals surface area (Å²) in [6.07, 6.45) is -4.06. The Hall–Kier alpha value is -2.37. The first-order chi connectivity index (χ1) is 9.91. The lowest BCUT2D eigenvalue weighted by Gasteiger charge is -2.05. The highest BCUT2D eigenvalue weighted by Gasteiger charge is 2.30. The van der Waals surface area contributed by atoms with Gasteiger partial charge in [-0.1, -0.05) is 12.1 Å². The van der Waals surface area contributed by atoms with E-state index < -0.39 is 11.7 Å². The van der Waals surface area contributed by atoms with Gasteiger partial charge in [0.2, 0.25) is 0 Å². The van der Waals surface area contributed by atoms with E-state index in [0.717, 1.165) is 12.1 Å². The van der Waals surface area contributed by atoms with Crippen LogP contribution in [0.25, 0.3) is 11.0 Å². The molecule has 0 aliphatic carbocycles. The Morgan fingerprint density at radius 3 is 2.57 bits per heavy atom. The highest BCUT2D eigenvalue weighted by Crippen LogP contribution is 2.30. The van der Waals surface area contributed by atoms with Crippen molar-refractivity contribution in [1.82, 2.24) is 9.97 Å². The van der Waals surface area contributed by atoms with Crippen molar-refractivity contribution < 1.29 is 17.6 Å². The summed E-state index contributed by atoms with van der Waals surface area (Å²) in [6, 6.07) is 9.36. The summed E-state index contributed by atoms with van der Waals surface area (Å²) < 4.78 is 51.0. The lowest BCUT2D eigenvalue weighted by Crippen LogP contribution is -2.04. The van der Waals surface area contributed by atoms with Crippen LogP contribution in [0.15, 0.2) is 42.5 Å². The van der Waals surface area contributed by atoms with Crippen molar-refractivity contribution in [2.24, 2.45) is 0 Å². The number of alkyl halides is 3. The highest BCUT2D eigenvalue weighted by atomic mass is 19.4. The molecule has 1 N–H and O–H groups in total. The first-order valence-electron chi connectivity index (χ1n) is 6.22. The molecule has 21 heavy (non-hydrogen) atoms. The maximum atomic E-state index is 13.1. The molecule has 0 atom stereocenters. The summed E-state index contributed by atoms with van der Waals surface area (Å²) in [5.74, 6) is 0.137. The van der Waals surface area contributed by atoms with Crippen molar-refractivity contribution in [2.75, 3.05) is 0 Å². The number of nitrogens with one attached hydrogen (secondary N) is 1. The molecule has 0 saturated carbocycles. The number of rotatable bonds is 2. The molecular weight excluding hydrogens is 284 g/mol. The fraction of sp³-hybridized carbons (Fsp3) is 0.133. The molecule has 0 aliphatic heterocycles. The van der Waals surface area contributed by atoms with Gasteiger partial charge >= 0.3 is 6.18 Å². The molecule has 108 valence electrons. The standard InChI is InChI=1S/C15H10F4N2/c16-11-3-1-2-9(6-11)7-14-20-12-5-4-10(15(17,18)19)8-13(12)21-14/h1-6,8H,7H2,(H,20,21). The van der Waals surface area contributed by atoms with Gasteiger partial charge in [-0.25, -0.2) is 9.37 Å². The van der Waals surface area contributed by atoms with Gasteiger partial charge in [-0.05, 0) is 35.9 Å². The molecule has 1 aromatic heterocycles. The summed E-state index contributed by atoms with van der Waals surface area (Å²) in [4.78, 5) is 7.06. The second-order valence-corrected chi connectivity index (χ2v) is 4.72. The first kappa shape index (κ1) is 13.6. The molecular formula is C15H10F4N2. The van der Waals surface area contributed by atoms with Crippen LogP contribution in [0, 0.1) is 5.82 Å². The van der Waals surface area contributed by atoms with Crippen molar-refractivity contribution in [1.29, 1.82) is 0 Å². The van der Waals surface area contributed by atoms with Crippen LogP contribution in [0.3, 0.4) is 0 Å². The summed E-state index contributed by atoms with van der Waals surface area (Å²) in [5, 5.41) is 0. The average molecular weight is 294 g/mol. The van der Waals surface area contributed by atoms with Crippen LogP contribution in [0.2, 0.25) is 0 Å². The lowest BCUT2D eigenvalue weighted by molar-refractivity contribution is -0.137. The number of aromatic amines is 1. The van der Waals surface area contributed by atoms with Crippen LogP contribution in [-0.4, -0.2) is 9.97 Å². The molecule has 2 aromatic carbocycles. The van der Waals surface area contributed by atoms with Crippen LogP contribution in [-0.2, 0) is 12.6 Å². The predicted molar refractivity (Wildman–Crippen MR) is 70.3 cm³/mol. The number of hydrogen-bond acceptors (Lipinski definition) is 1. The van der Waals surface area contributed by atoms with E-state index in [1.54, 1.807) is 12.1 Å². The van der Waals surface area contributed by atoms with Gasteiger partial charge in [0.15, 0.2) is 0 Å². The third-order valence-corrected chi connectivity index (χ3v) is 3.12. The normalized spacial score (nSPS) is 12.0. The van der Waals surface area contributed by atoms with Gasteiger partial charge < -0.3 is 4.98 Å². The monoisotopic (exact) mass is 294 g/mol. The molecule has 0 amide bonds. The molecule has 0 spiro atoms. The van der Waals surface area contributed by atoms with Crippen molar-refractivity contribution in [3.05, 3.63) is 65.2 Å². The third-order valence-electron chi connectivity index (χ3n) is 3.12. The molecule has 0 aliphatic rings. The van der Waals surface area contributed by atoms with Crippen LogP contribution in [0.1, 0.15) is 17.0 Å². The van der Waals surface area contributed by atoms with Crippen molar-refractivity contribution in [3.63, 3.8) is 0 Å². The Bertz CT molecular complexity index is 790. The fourth-order valence-electron chi connectivity index (χ4n) is 2.16. The van der Waals surface area contributed by atoms with Gasteiger partial charge in [0.25, 0.3) is 0 Å². The molecule has 3 rings (SSSR count). The van der Waals surface area contributed by atoms with Crippen molar-refractivity contribution in [3.8, 4) is 0 Å². The Morgan fingerprint density at radius 2 is 1.86 bits per heavy atom. The molecule has 0 fully saturated rings. The molecule has 3 aromatic rings. The zero-order chi connectivity index (χ0) is 15.0. The molecule has 0 radical (unpaired) electrons. The SMILES string of the molecule is Fc1cccc(Cc2nc3ccc(C(F)(F)F)cc3[nH]2)c1. The zero-order valence-corrected chi connectivity index (χ0v) is 10.7. The number of halogens is 4. The molecule has 0 unspecified atom stereocenters. The van der Waals surface area contributed by atoms with E-state index in [2.05, 4.69) is 9.97 Å². The van der Waals surface area contributed by atoms with E-state index in [0.29, 0.717) is 28.8 Å². The minimum Gasteiger partial charge on any atom is -0.342 e. The number of hydrogen-bond donors (Lipinski definition) is 1. The van der Waals surface area contributed by atoms with Crippen molar-refractivity contribution in [2.45, 2.75) is 12.6 Å². The summed E-state index contributed by atoms with van der Waals surface area (Å²) in [7, 11) is 0. The number of nitrogens with zero attached hydrogens (tertiary/aromatic N) is 1. The maximum Gasteiger partial charge on any atom is 0.416 e. The second-order valence-electron chi connectivity index (χ2n) is 4.72. The number of aromatic nitrogens is 2. The summed E-state index contributed by atoms with van der Waals surface area (Å²) in [6.45, 7) is 0. The van der Waals surface area contributed by atoms with Crippen LogP contribution in [0.5, 0.6) is 0 Å². The van der Waals surface area contributed by atoms with E-state index in [1.807, 2.05) is 0 Å². The van der Waals surface area contributed by atoms with Gasteiger partial charge in [-0.3, -0.25) is 0 Å². The Kier molecular flexibility index (Phi) is 3.16. The number of fused-ring (bicyclic) bond motifs is 1. The quantitative estimate of drug-likeness (QED) is 0.701. The minimum absolute atomic E-state index is 0.316. The number of H-pyrrole nitrogens is 1. The Morgan fingerprint density at radius 1 is 1.05 bits per heavy atom. The van der Waals surface area contributed by atoms with Gasteiger partial charge in [0.05, 0.1) is 16.6 Å². The van der Waals surface area contributed by atoms with E-state index >= 15 is 0 Å². The van der Waals surface area contributed by atoms with Crippen LogP contribution in [0.4, 0.5) is 17.6 Å². The maximum absolute atomic E-state index is 13.1. The average Bonchev–Trinajstić information content (AvgIpc) is 2.78. The second kappa shape index (κ2) is 4.87. The van der Waals surface area contributed by atoms with E-state index in [4.69, 9.17) is 0 Å². The summed E-state index contributed by atoms with van der Waals surface area (Å²) >= 11 is 0. The molecule has 6 heteroatoms. The van der Waals surface area contributed by atoms with Gasteiger partial charge in [0.1, 0.15) is 11.6 Å².